The summed E-state index contributed by atoms with van der Waals surface area (Å²) in [7, 11) is 0.00590. The lowest BCUT2D eigenvalue weighted by molar-refractivity contribution is -0.127. The van der Waals surface area contributed by atoms with Crippen LogP contribution in [0.25, 0.3) is 11.3 Å². The maximum atomic E-state index is 12.8. The first-order valence-electron chi connectivity index (χ1n) is 9.13. The van der Waals surface area contributed by atoms with E-state index in [1.54, 1.807) is 47.6 Å². The second-order valence-electron chi connectivity index (χ2n) is 6.93. The largest absolute Gasteiger partial charge is 0.348 e. The zero-order valence-electron chi connectivity index (χ0n) is 15.7. The van der Waals surface area contributed by atoms with Gasteiger partial charge in [0.25, 0.3) is 0 Å². The van der Waals surface area contributed by atoms with Crippen molar-refractivity contribution in [1.29, 1.82) is 0 Å². The van der Waals surface area contributed by atoms with E-state index in [1.165, 1.54) is 11.3 Å². The predicted octanol–water partition coefficient (Wildman–Crippen LogP) is 3.01. The maximum absolute atomic E-state index is 12.8. The Morgan fingerprint density at radius 3 is 2.33 bits per heavy atom. The molecule has 1 aromatic carbocycles. The van der Waals surface area contributed by atoms with Crippen molar-refractivity contribution in [3.63, 3.8) is 0 Å². The lowest BCUT2D eigenvalue weighted by Crippen LogP contribution is -2.31. The number of carbonyl (C=O) groups excluding carboxylic acids is 1. The Labute approximate surface area is 164 Å². The fourth-order valence-corrected chi connectivity index (χ4v) is 5.35. The van der Waals surface area contributed by atoms with Crippen LogP contribution in [0.5, 0.6) is 0 Å². The number of aromatic nitrogens is 1. The maximum Gasteiger partial charge on any atom is 0.243 e. The molecule has 1 aromatic heterocycles. The molecule has 27 heavy (non-hydrogen) atoms. The SMILES string of the molecule is CN(C)C(=O)Cc1nc(-c2ccc(S(=O)(=O)N3CCCCCC3)cc2)cs1. The van der Waals surface area contributed by atoms with E-state index < -0.39 is 10.0 Å². The first kappa shape index (κ1) is 20.0. The predicted molar refractivity (Wildman–Crippen MR) is 107 cm³/mol. The van der Waals surface area contributed by atoms with Crippen molar-refractivity contribution in [2.45, 2.75) is 37.0 Å². The highest BCUT2D eigenvalue weighted by Gasteiger charge is 2.25. The standard InChI is InChI=1S/C19H25N3O3S2/c1-21(2)19(23)13-18-20-17(14-26-18)15-7-9-16(10-8-15)27(24,25)22-11-5-3-4-6-12-22/h7-10,14H,3-6,11-13H2,1-2H3. The molecule has 8 heteroatoms. The first-order chi connectivity index (χ1) is 12.9. The van der Waals surface area contributed by atoms with Gasteiger partial charge < -0.3 is 4.90 Å². The molecule has 2 heterocycles. The van der Waals surface area contributed by atoms with E-state index in [1.807, 2.05) is 5.38 Å². The van der Waals surface area contributed by atoms with E-state index in [0.29, 0.717) is 18.0 Å². The molecule has 1 amide bonds. The number of hydrogen-bond donors (Lipinski definition) is 0. The Morgan fingerprint density at radius 1 is 1.11 bits per heavy atom. The summed E-state index contributed by atoms with van der Waals surface area (Å²) in [5.74, 6) is 0.00907. The number of rotatable bonds is 5. The highest BCUT2D eigenvalue weighted by molar-refractivity contribution is 7.89. The fourth-order valence-electron chi connectivity index (χ4n) is 3.04. The van der Waals surface area contributed by atoms with Crippen molar-refractivity contribution in [1.82, 2.24) is 14.2 Å². The number of amides is 1. The topological polar surface area (TPSA) is 70.6 Å². The fraction of sp³-hybridized carbons (Fsp3) is 0.474. The number of nitrogens with zero attached hydrogens (tertiary/aromatic N) is 3. The van der Waals surface area contributed by atoms with Crippen LogP contribution in [0.4, 0.5) is 0 Å². The van der Waals surface area contributed by atoms with E-state index in [4.69, 9.17) is 0 Å². The van der Waals surface area contributed by atoms with Gasteiger partial charge in [-0.1, -0.05) is 25.0 Å². The van der Waals surface area contributed by atoms with Crippen LogP contribution in [0.3, 0.4) is 0 Å². The van der Waals surface area contributed by atoms with Crippen LogP contribution in [0.15, 0.2) is 34.5 Å². The minimum Gasteiger partial charge on any atom is -0.348 e. The quantitative estimate of drug-likeness (QED) is 0.764. The Bertz CT molecular complexity index is 881. The molecule has 1 fully saturated rings. The molecule has 2 aromatic rings. The minimum atomic E-state index is -3.44. The summed E-state index contributed by atoms with van der Waals surface area (Å²) in [5, 5.41) is 2.65. The summed E-state index contributed by atoms with van der Waals surface area (Å²) in [6, 6.07) is 6.88. The summed E-state index contributed by atoms with van der Waals surface area (Å²) < 4.78 is 27.3. The number of sulfonamides is 1. The molecular weight excluding hydrogens is 382 g/mol. The highest BCUT2D eigenvalue weighted by atomic mass is 32.2. The van der Waals surface area contributed by atoms with Crippen molar-refractivity contribution in [2.24, 2.45) is 0 Å². The summed E-state index contributed by atoms with van der Waals surface area (Å²) in [4.78, 5) is 18.2. The van der Waals surface area contributed by atoms with Gasteiger partial charge in [-0.3, -0.25) is 4.79 Å². The van der Waals surface area contributed by atoms with E-state index in [-0.39, 0.29) is 12.3 Å². The lowest BCUT2D eigenvalue weighted by atomic mass is 10.2. The third kappa shape index (κ3) is 4.75. The monoisotopic (exact) mass is 407 g/mol. The smallest absolute Gasteiger partial charge is 0.243 e. The number of likely N-dealkylation sites (N-methyl/N-ethyl adjacent to an activating group) is 1. The molecule has 0 spiro atoms. The average molecular weight is 408 g/mol. The van der Waals surface area contributed by atoms with Gasteiger partial charge in [-0.25, -0.2) is 13.4 Å². The van der Waals surface area contributed by atoms with Crippen molar-refractivity contribution in [2.75, 3.05) is 27.2 Å². The van der Waals surface area contributed by atoms with Gasteiger partial charge in [0, 0.05) is 38.1 Å². The number of carbonyl (C=O) groups is 1. The summed E-state index contributed by atoms with van der Waals surface area (Å²) in [6.07, 6.45) is 4.30. The van der Waals surface area contributed by atoms with Gasteiger partial charge in [0.15, 0.2) is 0 Å². The van der Waals surface area contributed by atoms with Crippen LogP contribution in [-0.2, 0) is 21.2 Å². The van der Waals surface area contributed by atoms with Crippen LogP contribution in [0, 0.1) is 0 Å². The van der Waals surface area contributed by atoms with Gasteiger partial charge in [-0.15, -0.1) is 11.3 Å². The first-order valence-corrected chi connectivity index (χ1v) is 11.4. The normalized spacial score (nSPS) is 16.1. The second kappa shape index (κ2) is 8.50. The Kier molecular flexibility index (Phi) is 6.29. The minimum absolute atomic E-state index is 0.00907. The molecule has 0 N–H and O–H groups in total. The van der Waals surface area contributed by atoms with Crippen LogP contribution < -0.4 is 0 Å². The molecule has 6 nitrogen and oxygen atoms in total. The van der Waals surface area contributed by atoms with Crippen LogP contribution in [0.1, 0.15) is 30.7 Å². The van der Waals surface area contributed by atoms with Crippen LogP contribution in [-0.4, -0.2) is 55.7 Å². The number of hydrogen-bond acceptors (Lipinski definition) is 5. The molecular formula is C19H25N3O3S2. The number of thiazole rings is 1. The van der Waals surface area contributed by atoms with Gasteiger partial charge >= 0.3 is 0 Å². The molecule has 1 aliphatic heterocycles. The molecule has 3 rings (SSSR count). The summed E-state index contributed by atoms with van der Waals surface area (Å²) >= 11 is 1.44. The molecule has 1 aliphatic rings. The third-order valence-electron chi connectivity index (χ3n) is 4.71. The molecule has 0 bridgehead atoms. The van der Waals surface area contributed by atoms with E-state index in [9.17, 15) is 13.2 Å². The van der Waals surface area contributed by atoms with E-state index >= 15 is 0 Å². The van der Waals surface area contributed by atoms with Crippen LogP contribution in [0.2, 0.25) is 0 Å². The van der Waals surface area contributed by atoms with E-state index in [0.717, 1.165) is 41.9 Å². The molecule has 0 radical (unpaired) electrons. The van der Waals surface area contributed by atoms with Crippen molar-refractivity contribution < 1.29 is 13.2 Å². The molecule has 0 atom stereocenters. The molecule has 1 saturated heterocycles. The van der Waals surface area contributed by atoms with Crippen molar-refractivity contribution in [3.05, 3.63) is 34.7 Å². The van der Waals surface area contributed by atoms with Gasteiger partial charge in [-0.2, -0.15) is 4.31 Å². The van der Waals surface area contributed by atoms with E-state index in [2.05, 4.69) is 4.98 Å². The van der Waals surface area contributed by atoms with Gasteiger partial charge in [-0.05, 0) is 25.0 Å². The third-order valence-corrected chi connectivity index (χ3v) is 7.47. The Balaban J connectivity index is 1.75. The van der Waals surface area contributed by atoms with Crippen molar-refractivity contribution in [3.8, 4) is 11.3 Å². The summed E-state index contributed by atoms with van der Waals surface area (Å²) in [5.41, 5.74) is 1.62. The Hall–Kier alpha value is -1.77. The van der Waals surface area contributed by atoms with Gasteiger partial charge in [0.1, 0.15) is 5.01 Å². The molecule has 0 aliphatic carbocycles. The molecule has 0 saturated carbocycles. The zero-order chi connectivity index (χ0) is 19.4. The molecule has 146 valence electrons. The number of benzene rings is 1. The summed E-state index contributed by atoms with van der Waals surface area (Å²) in [6.45, 7) is 1.19. The van der Waals surface area contributed by atoms with Crippen molar-refractivity contribution >= 4 is 27.3 Å². The average Bonchev–Trinajstić information content (AvgIpc) is 2.93. The zero-order valence-corrected chi connectivity index (χ0v) is 17.4. The van der Waals surface area contributed by atoms with Crippen LogP contribution >= 0.6 is 11.3 Å². The highest BCUT2D eigenvalue weighted by Crippen LogP contribution is 2.26. The van der Waals surface area contributed by atoms with Gasteiger partial charge in [0.05, 0.1) is 17.0 Å². The Morgan fingerprint density at radius 2 is 1.74 bits per heavy atom. The molecule has 0 unspecified atom stereocenters. The second-order valence-corrected chi connectivity index (χ2v) is 9.81. The lowest BCUT2D eigenvalue weighted by Gasteiger charge is -2.19. The van der Waals surface area contributed by atoms with Gasteiger partial charge in [0.2, 0.25) is 15.9 Å².